The molecule has 0 unspecified atom stereocenters. The number of hydrogen-bond donors (Lipinski definition) is 7. The largest absolute Gasteiger partial charge is 0.460 e. The van der Waals surface area contributed by atoms with Crippen LogP contribution in [-0.2, 0) is 56.7 Å². The van der Waals surface area contributed by atoms with Crippen molar-refractivity contribution in [2.24, 2.45) is 0 Å². The summed E-state index contributed by atoms with van der Waals surface area (Å²) in [7, 11) is -4.44. The van der Waals surface area contributed by atoms with Crippen molar-refractivity contribution in [1.82, 2.24) is 52.1 Å². The summed E-state index contributed by atoms with van der Waals surface area (Å²) in [5, 5.41) is 26.9. The van der Waals surface area contributed by atoms with Crippen LogP contribution in [0.5, 0.6) is 0 Å². The number of hydrogen-bond acceptors (Lipinski definition) is 17. The lowest BCUT2D eigenvalue weighted by Crippen LogP contribution is -2.61. The van der Waals surface area contributed by atoms with Crippen LogP contribution < -0.4 is 32.1 Å². The summed E-state index contributed by atoms with van der Waals surface area (Å²) in [4.78, 5) is 112. The first kappa shape index (κ1) is 85.5. The number of ether oxygens (including phenoxy) is 2. The molecule has 28 heteroatoms. The Morgan fingerprint density at radius 3 is 1.40 bits per heavy atom. The molecule has 6 amide bonds. The second kappa shape index (κ2) is 38.9. The number of aliphatic hydroxyl groups excluding tert-OH is 1. The average Bonchev–Trinajstić information content (AvgIpc) is 1.12. The lowest BCUT2D eigenvalue weighted by molar-refractivity contribution is -0.157. The van der Waals surface area contributed by atoms with Crippen LogP contribution in [0.25, 0.3) is 33.7 Å². The number of pyridine rings is 2. The molecule has 2 saturated heterocycles. The van der Waals surface area contributed by atoms with Crippen molar-refractivity contribution in [3.05, 3.63) is 121 Å². The molecule has 0 spiro atoms. The van der Waals surface area contributed by atoms with Crippen molar-refractivity contribution in [3.8, 4) is 0 Å². The van der Waals surface area contributed by atoms with E-state index in [-0.39, 0.29) is 47.9 Å². The molecule has 7 N–H and O–H groups in total. The van der Waals surface area contributed by atoms with Gasteiger partial charge in [0, 0.05) is 49.1 Å². The normalized spacial score (nSPS) is 17.2. The van der Waals surface area contributed by atoms with Gasteiger partial charge in [-0.05, 0) is 162 Å². The highest BCUT2D eigenvalue weighted by molar-refractivity contribution is 6.74. The average molecular weight is 1480 g/mol. The first-order valence-electron chi connectivity index (χ1n) is 33.7. The van der Waals surface area contributed by atoms with Crippen LogP contribution in [0.15, 0.2) is 98.4 Å². The first-order chi connectivity index (χ1) is 46.6. The quantitative estimate of drug-likeness (QED) is 0.0133. The van der Waals surface area contributed by atoms with Crippen molar-refractivity contribution in [2.45, 2.75) is 210 Å². The summed E-state index contributed by atoms with van der Waals surface area (Å²) in [6, 6.07) is 10.2. The second-order valence-corrected chi connectivity index (χ2v) is 40.0. The lowest BCUT2D eigenvalue weighted by atomic mass is 10.0. The van der Waals surface area contributed by atoms with Gasteiger partial charge in [0.15, 0.2) is 16.6 Å². The maximum Gasteiger partial charge on any atom is 0.325 e. The summed E-state index contributed by atoms with van der Waals surface area (Å²) in [5.41, 5.74) is 9.18. The fourth-order valence-corrected chi connectivity index (χ4v) is 11.7. The molecule has 4 aromatic rings. The summed E-state index contributed by atoms with van der Waals surface area (Å²) >= 11 is 16.9. The molecule has 4 heterocycles. The molecule has 2 aromatic carbocycles. The van der Waals surface area contributed by atoms with E-state index in [9.17, 15) is 43.5 Å². The van der Waals surface area contributed by atoms with E-state index in [0.29, 0.717) is 38.8 Å². The number of carbonyl (C=O) groups is 8. The Morgan fingerprint density at radius 2 is 1.02 bits per heavy atom. The molecule has 100 heavy (non-hydrogen) atoms. The van der Waals surface area contributed by atoms with Crippen LogP contribution in [0.4, 0.5) is 0 Å². The van der Waals surface area contributed by atoms with Crippen molar-refractivity contribution < 1.29 is 61.8 Å². The van der Waals surface area contributed by atoms with Gasteiger partial charge in [0.05, 0.1) is 30.7 Å². The number of allylic oxidation sites excluding steroid dienone is 2. The number of alkyl halides is 3. The monoisotopic (exact) mass is 1480 g/mol. The molecule has 23 nitrogen and oxygen atoms in total. The van der Waals surface area contributed by atoms with Gasteiger partial charge in [0.1, 0.15) is 49.0 Å². The summed E-state index contributed by atoms with van der Waals surface area (Å²) < 4.78 is 21.5. The van der Waals surface area contributed by atoms with Crippen molar-refractivity contribution in [2.75, 3.05) is 32.9 Å². The van der Waals surface area contributed by atoms with Crippen LogP contribution in [0.1, 0.15) is 156 Å². The van der Waals surface area contributed by atoms with E-state index in [2.05, 4.69) is 110 Å². The predicted octanol–water partition coefficient (Wildman–Crippen LogP) is 11.3. The molecule has 550 valence electrons. The Kier molecular flexibility index (Phi) is 33.3. The first-order valence-corrected chi connectivity index (χ1v) is 40.6. The van der Waals surface area contributed by atoms with E-state index in [0.717, 1.165) is 44.1 Å². The summed E-state index contributed by atoms with van der Waals surface area (Å²) in [6.07, 6.45) is 15.2. The standard InChI is InChI=1S/C35H51N5O6Si.C24H41Cl3N4O6Si.C13H13NO/c1-10-12-15-31(41)38-30(22-45-47(8,9)35(5,6)7)32(42)37-23(3)33(43)40-18-13-14-29(39-40)34(44)46-24(4)25-16-17-26-21-36-28(11-2)20-27(26)19-25;1-8-9-12-19(32)29-18(14-37-38(6,7)23(3,4)5)20(33)28-16(2)21(34)31-13-10-11-17(30-31)22(35)36-15-24(25,26)27;1-3-13-7-12-6-10(9(2)15)4-5-11(12)8-14-13/h10-12,16-17,19-21,23-24,29-30,39H,2,13-15,18,22H2,1,3-9H3,(H,37,42)(H,38,41);8-9,16-18,30H,10-15H2,1-7H3,(H,28,33)(H,29,32);3-9,15H,1H2,2H3/b12-10+;9-8+;/t23-,24+,29-,30-;16-,17-,18-;9-/m001/s1. The van der Waals surface area contributed by atoms with Gasteiger partial charge in [0.25, 0.3) is 11.8 Å². The van der Waals surface area contributed by atoms with Crippen molar-refractivity contribution in [3.63, 3.8) is 0 Å². The Labute approximate surface area is 606 Å². The molecule has 0 saturated carbocycles. The molecule has 0 aliphatic carbocycles. The highest BCUT2D eigenvalue weighted by Crippen LogP contribution is 2.38. The van der Waals surface area contributed by atoms with Gasteiger partial charge in [-0.3, -0.25) is 58.3 Å². The van der Waals surface area contributed by atoms with Crippen LogP contribution in [-0.4, -0.2) is 162 Å². The predicted molar refractivity (Wildman–Crippen MR) is 400 cm³/mol. The third-order valence-corrected chi connectivity index (χ3v) is 27.1. The maximum atomic E-state index is 13.4. The molecule has 2 fully saturated rings. The minimum atomic E-state index is -2.23. The zero-order chi connectivity index (χ0) is 75.1. The molecule has 8 atom stereocenters. The van der Waals surface area contributed by atoms with Gasteiger partial charge in [-0.2, -0.15) is 0 Å². The number of hydrazine groups is 2. The second-order valence-electron chi connectivity index (χ2n) is 27.8. The molecule has 2 aromatic heterocycles. The Hall–Kier alpha value is -6.92. The van der Waals surface area contributed by atoms with Gasteiger partial charge in [-0.1, -0.05) is 138 Å². The number of aliphatic hydroxyl groups is 1. The lowest BCUT2D eigenvalue weighted by Gasteiger charge is -2.37. The number of nitrogens with one attached hydrogen (secondary N) is 6. The van der Waals surface area contributed by atoms with E-state index in [1.807, 2.05) is 74.7 Å². The minimum Gasteiger partial charge on any atom is -0.460 e. The van der Waals surface area contributed by atoms with E-state index >= 15 is 0 Å². The molecule has 2 aliphatic rings. The van der Waals surface area contributed by atoms with Crippen LogP contribution in [0.2, 0.25) is 36.3 Å². The Morgan fingerprint density at radius 1 is 0.620 bits per heavy atom. The number of esters is 2. The van der Waals surface area contributed by atoms with Gasteiger partial charge < -0.3 is 44.7 Å². The fraction of sp³-hybridized carbons (Fsp3) is 0.528. The Bertz CT molecular complexity index is 3560. The molecule has 2 aliphatic heterocycles. The number of rotatable bonds is 26. The zero-order valence-electron chi connectivity index (χ0n) is 60.8. The van der Waals surface area contributed by atoms with E-state index in [4.69, 9.17) is 53.1 Å². The SMILES string of the molecule is C/C=C/CC(=O)N[C@@H](CO[Si](C)(C)C(C)(C)C)C(=O)N[C@@H](C)C(=O)N1CCC[C@@H](C(=O)OCC(Cl)(Cl)Cl)N1.C=Cc1cc2cc([C@@H](C)O)ccc2cn1.C=Cc1cc2cc([C@@H](C)OC(=O)[C@@H]3CCCN(C(=O)[C@H](C)NC(=O)[C@H](CO[Si](C)(C)C(C)(C)C)NC(=O)C/C=C/C)N3)ccc2cn1. The minimum absolute atomic E-state index is 0.0115. The number of benzene rings is 2. The van der Waals surface area contributed by atoms with E-state index in [1.165, 1.54) is 16.9 Å². The summed E-state index contributed by atoms with van der Waals surface area (Å²) in [6.45, 7) is 38.7. The molecule has 6 rings (SSSR count). The van der Waals surface area contributed by atoms with Gasteiger partial charge in [-0.25, -0.2) is 10.9 Å². The van der Waals surface area contributed by atoms with Crippen LogP contribution in [0, 0.1) is 0 Å². The third kappa shape index (κ3) is 27.1. The Balaban J connectivity index is 0.000000355. The maximum absolute atomic E-state index is 13.4. The van der Waals surface area contributed by atoms with Crippen LogP contribution in [0.3, 0.4) is 0 Å². The number of carbonyl (C=O) groups excluding carboxylic acids is 8. The molecule has 0 radical (unpaired) electrons. The van der Waals surface area contributed by atoms with E-state index < -0.39 is 111 Å². The third-order valence-electron chi connectivity index (χ3n) is 17.7. The van der Waals surface area contributed by atoms with E-state index in [1.54, 1.807) is 70.3 Å². The highest BCUT2D eigenvalue weighted by atomic mass is 35.6. The van der Waals surface area contributed by atoms with Gasteiger partial charge >= 0.3 is 11.9 Å². The molecular formula is C72H105Cl3N10O13Si2. The van der Waals surface area contributed by atoms with Gasteiger partial charge in [-0.15, -0.1) is 0 Å². The molecule has 0 bridgehead atoms. The number of nitrogens with zero attached hydrogens (tertiary/aromatic N) is 4. The topological polar surface area (TPSA) is 298 Å². The molecular weight excluding hydrogens is 1380 g/mol. The van der Waals surface area contributed by atoms with Crippen LogP contribution >= 0.6 is 34.8 Å². The number of fused-ring (bicyclic) bond motifs is 2. The van der Waals surface area contributed by atoms with Crippen molar-refractivity contribution >= 4 is 133 Å². The zero-order valence-corrected chi connectivity index (χ0v) is 65.1. The fourth-order valence-electron chi connectivity index (χ4n) is 9.45. The number of amides is 6. The highest BCUT2D eigenvalue weighted by Gasteiger charge is 2.41. The number of halogens is 3. The van der Waals surface area contributed by atoms with Crippen molar-refractivity contribution in [1.29, 1.82) is 0 Å². The summed E-state index contributed by atoms with van der Waals surface area (Å²) in [5.74, 6) is -3.72. The van der Waals surface area contributed by atoms with Gasteiger partial charge in [0.2, 0.25) is 27.4 Å². The number of aromatic nitrogens is 2. The smallest absolute Gasteiger partial charge is 0.325 e.